The van der Waals surface area contributed by atoms with E-state index < -0.39 is 5.97 Å². The minimum absolute atomic E-state index is 0.0200. The highest BCUT2D eigenvalue weighted by molar-refractivity contribution is 5.89. The molecule has 0 aromatic heterocycles. The second-order valence-corrected chi connectivity index (χ2v) is 6.05. The molecule has 1 unspecified atom stereocenters. The van der Waals surface area contributed by atoms with Crippen LogP contribution in [0.4, 0.5) is 0 Å². The second-order valence-electron chi connectivity index (χ2n) is 6.05. The largest absolute Gasteiger partial charge is 0.481 e. The highest BCUT2D eigenvalue weighted by atomic mass is 16.5. The molecule has 3 fully saturated rings. The molecule has 3 aliphatic rings. The lowest BCUT2D eigenvalue weighted by Gasteiger charge is -2.34. The molecule has 5 heteroatoms. The monoisotopic (exact) mass is 279 g/mol. The fraction of sp³-hybridized carbons (Fsp3) is 0.733. The van der Waals surface area contributed by atoms with Gasteiger partial charge >= 0.3 is 5.97 Å². The first-order valence-corrected chi connectivity index (χ1v) is 7.46. The number of nitrogens with zero attached hydrogens (tertiary/aromatic N) is 1. The van der Waals surface area contributed by atoms with Gasteiger partial charge in [0.25, 0.3) is 0 Å². The summed E-state index contributed by atoms with van der Waals surface area (Å²) < 4.78 is 5.31. The molecule has 1 saturated heterocycles. The molecule has 0 aromatic rings. The third-order valence-electron chi connectivity index (χ3n) is 4.31. The molecule has 1 atom stereocenters. The molecule has 1 heterocycles. The van der Waals surface area contributed by atoms with Crippen LogP contribution in [0.3, 0.4) is 0 Å². The summed E-state index contributed by atoms with van der Waals surface area (Å²) >= 11 is 0. The van der Waals surface area contributed by atoms with Crippen molar-refractivity contribution < 1.29 is 19.4 Å². The number of rotatable bonds is 5. The van der Waals surface area contributed by atoms with Crippen LogP contribution in [0.1, 0.15) is 32.1 Å². The van der Waals surface area contributed by atoms with E-state index >= 15 is 0 Å². The van der Waals surface area contributed by atoms with Crippen molar-refractivity contribution in [3.05, 3.63) is 11.6 Å². The highest BCUT2D eigenvalue weighted by Gasteiger charge is 2.37. The smallest absolute Gasteiger partial charge is 0.305 e. The zero-order valence-corrected chi connectivity index (χ0v) is 11.6. The van der Waals surface area contributed by atoms with E-state index in [1.54, 1.807) is 11.0 Å². The first-order valence-electron chi connectivity index (χ1n) is 7.46. The molecule has 0 radical (unpaired) electrons. The van der Waals surface area contributed by atoms with E-state index in [-0.39, 0.29) is 18.4 Å². The van der Waals surface area contributed by atoms with Crippen LogP contribution < -0.4 is 0 Å². The van der Waals surface area contributed by atoms with E-state index in [0.717, 1.165) is 0 Å². The molecule has 0 aromatic carbocycles. The number of hydrogen-bond donors (Lipinski definition) is 1. The molecule has 5 nitrogen and oxygen atoms in total. The number of ether oxygens (including phenoxy) is 1. The van der Waals surface area contributed by atoms with Crippen molar-refractivity contribution in [3.8, 4) is 0 Å². The van der Waals surface area contributed by atoms with E-state index in [9.17, 15) is 9.59 Å². The SMILES string of the molecule is O=C(O)CC1COCCN1C(=O)C=C(C1CC1)C1CC1. The Morgan fingerprint density at radius 2 is 1.85 bits per heavy atom. The molecule has 1 N–H and O–H groups in total. The van der Waals surface area contributed by atoms with Crippen molar-refractivity contribution >= 4 is 11.9 Å². The molecule has 110 valence electrons. The number of amides is 1. The summed E-state index contributed by atoms with van der Waals surface area (Å²) in [4.78, 5) is 25.0. The van der Waals surface area contributed by atoms with Crippen molar-refractivity contribution in [2.24, 2.45) is 11.8 Å². The van der Waals surface area contributed by atoms with Crippen molar-refractivity contribution in [2.75, 3.05) is 19.8 Å². The fourth-order valence-corrected chi connectivity index (χ4v) is 2.94. The summed E-state index contributed by atoms with van der Waals surface area (Å²) in [5.41, 5.74) is 1.32. The van der Waals surface area contributed by atoms with Gasteiger partial charge in [-0.1, -0.05) is 5.57 Å². The number of morpholine rings is 1. The third kappa shape index (κ3) is 3.20. The third-order valence-corrected chi connectivity index (χ3v) is 4.31. The van der Waals surface area contributed by atoms with Crippen LogP contribution in [-0.2, 0) is 14.3 Å². The zero-order valence-electron chi connectivity index (χ0n) is 11.6. The number of carboxylic acids is 1. The van der Waals surface area contributed by atoms with E-state index in [1.807, 2.05) is 0 Å². The Bertz CT molecular complexity index is 423. The van der Waals surface area contributed by atoms with Crippen LogP contribution in [0.15, 0.2) is 11.6 Å². The first kappa shape index (κ1) is 13.6. The van der Waals surface area contributed by atoms with Gasteiger partial charge in [-0.3, -0.25) is 9.59 Å². The number of carbonyl (C=O) groups is 2. The molecular formula is C15H21NO4. The topological polar surface area (TPSA) is 66.8 Å². The predicted molar refractivity (Wildman–Crippen MR) is 72.1 cm³/mol. The summed E-state index contributed by atoms with van der Waals surface area (Å²) in [5, 5.41) is 8.93. The molecule has 2 saturated carbocycles. The van der Waals surface area contributed by atoms with E-state index in [1.165, 1.54) is 31.3 Å². The van der Waals surface area contributed by atoms with Gasteiger partial charge in [0.1, 0.15) is 0 Å². The lowest BCUT2D eigenvalue weighted by atomic mass is 10.0. The Labute approximate surface area is 118 Å². The maximum absolute atomic E-state index is 12.5. The average molecular weight is 279 g/mol. The van der Waals surface area contributed by atoms with Crippen LogP contribution in [0.2, 0.25) is 0 Å². The Kier molecular flexibility index (Phi) is 3.78. The Morgan fingerprint density at radius 3 is 2.40 bits per heavy atom. The quantitative estimate of drug-likeness (QED) is 0.773. The van der Waals surface area contributed by atoms with Gasteiger partial charge in [-0.15, -0.1) is 0 Å². The normalized spacial score (nSPS) is 26.2. The van der Waals surface area contributed by atoms with E-state index in [0.29, 0.717) is 31.6 Å². The lowest BCUT2D eigenvalue weighted by Crippen LogP contribution is -2.49. The van der Waals surface area contributed by atoms with Crippen LogP contribution in [0, 0.1) is 11.8 Å². The molecule has 1 amide bonds. The zero-order chi connectivity index (χ0) is 14.1. The maximum atomic E-state index is 12.5. The van der Waals surface area contributed by atoms with Crippen LogP contribution in [0.25, 0.3) is 0 Å². The standard InChI is InChI=1S/C15H21NO4/c17-14(8-13(10-1-2-10)11-3-4-11)16-5-6-20-9-12(16)7-15(18)19/h8,10-12H,1-7,9H2,(H,18,19). The predicted octanol–water partition coefficient (Wildman–Crippen LogP) is 1.43. The summed E-state index contributed by atoms with van der Waals surface area (Å²) in [6.45, 7) is 1.32. The Morgan fingerprint density at radius 1 is 1.20 bits per heavy atom. The highest BCUT2D eigenvalue weighted by Crippen LogP contribution is 2.48. The van der Waals surface area contributed by atoms with Gasteiger partial charge in [0.15, 0.2) is 0 Å². The van der Waals surface area contributed by atoms with Gasteiger partial charge in [0.2, 0.25) is 5.91 Å². The van der Waals surface area contributed by atoms with Gasteiger partial charge in [0.05, 0.1) is 25.7 Å². The van der Waals surface area contributed by atoms with Crippen LogP contribution in [-0.4, -0.2) is 47.7 Å². The summed E-state index contributed by atoms with van der Waals surface area (Å²) in [6.07, 6.45) is 6.58. The molecule has 0 spiro atoms. The Hall–Kier alpha value is -1.36. The van der Waals surface area contributed by atoms with Crippen LogP contribution in [0.5, 0.6) is 0 Å². The molecule has 20 heavy (non-hydrogen) atoms. The molecule has 3 rings (SSSR count). The number of carbonyl (C=O) groups excluding carboxylic acids is 1. The summed E-state index contributed by atoms with van der Waals surface area (Å²) in [7, 11) is 0. The fourth-order valence-electron chi connectivity index (χ4n) is 2.94. The van der Waals surface area contributed by atoms with Crippen molar-refractivity contribution in [1.82, 2.24) is 4.90 Å². The average Bonchev–Trinajstić information content (AvgIpc) is 3.28. The van der Waals surface area contributed by atoms with Gasteiger partial charge < -0.3 is 14.7 Å². The number of aliphatic carboxylic acids is 1. The van der Waals surface area contributed by atoms with Crippen molar-refractivity contribution in [2.45, 2.75) is 38.1 Å². The van der Waals surface area contributed by atoms with Crippen molar-refractivity contribution in [3.63, 3.8) is 0 Å². The molecule has 0 bridgehead atoms. The molecular weight excluding hydrogens is 258 g/mol. The van der Waals surface area contributed by atoms with Gasteiger partial charge in [0, 0.05) is 12.6 Å². The molecule has 1 aliphatic heterocycles. The molecule has 2 aliphatic carbocycles. The number of carboxylic acid groups (broad SMARTS) is 1. The first-order chi connectivity index (χ1) is 9.65. The minimum Gasteiger partial charge on any atom is -0.481 e. The number of hydrogen-bond acceptors (Lipinski definition) is 3. The second kappa shape index (κ2) is 5.56. The van der Waals surface area contributed by atoms with Gasteiger partial charge in [-0.25, -0.2) is 0 Å². The maximum Gasteiger partial charge on any atom is 0.305 e. The summed E-state index contributed by atoms with van der Waals surface area (Å²) in [5.74, 6) is 0.330. The summed E-state index contributed by atoms with van der Waals surface area (Å²) in [6, 6.07) is -0.329. The minimum atomic E-state index is -0.883. The van der Waals surface area contributed by atoms with Gasteiger partial charge in [-0.05, 0) is 37.5 Å². The van der Waals surface area contributed by atoms with Crippen molar-refractivity contribution in [1.29, 1.82) is 0 Å². The van der Waals surface area contributed by atoms with E-state index in [4.69, 9.17) is 9.84 Å². The van der Waals surface area contributed by atoms with Gasteiger partial charge in [-0.2, -0.15) is 0 Å². The van der Waals surface area contributed by atoms with Crippen LogP contribution >= 0.6 is 0 Å². The number of allylic oxidation sites excluding steroid dienone is 1. The lowest BCUT2D eigenvalue weighted by molar-refractivity contribution is -0.143. The van der Waals surface area contributed by atoms with E-state index in [2.05, 4.69) is 0 Å². The Balaban J connectivity index is 1.70.